The number of hydrogen-bond donors (Lipinski definition) is 1. The second-order valence-corrected chi connectivity index (χ2v) is 4.72. The molecule has 1 atom stereocenters. The monoisotopic (exact) mass is 228 g/mol. The van der Waals surface area contributed by atoms with Gasteiger partial charge in [0.15, 0.2) is 0 Å². The number of nitrogens with two attached hydrogens (primary N) is 1. The van der Waals surface area contributed by atoms with E-state index < -0.39 is 0 Å². The van der Waals surface area contributed by atoms with E-state index in [1.165, 1.54) is 19.3 Å². The zero-order valence-electron chi connectivity index (χ0n) is 5.65. The minimum atomic E-state index is 0.310. The Labute approximate surface area is 62.3 Å². The van der Waals surface area contributed by atoms with Gasteiger partial charge in [-0.2, -0.15) is 0 Å². The van der Waals surface area contributed by atoms with Crippen LogP contribution in [0.1, 0.15) is 26.2 Å². The third-order valence-corrected chi connectivity index (χ3v) is 3.34. The van der Waals surface area contributed by atoms with Crippen LogP contribution in [0.15, 0.2) is 0 Å². The molecule has 2 N–H and O–H groups in total. The van der Waals surface area contributed by atoms with Crippen molar-refractivity contribution in [3.8, 4) is 0 Å². The van der Waals surface area contributed by atoms with Crippen molar-refractivity contribution < 1.29 is 21.2 Å². The van der Waals surface area contributed by atoms with Crippen molar-refractivity contribution in [1.29, 1.82) is 0 Å². The maximum atomic E-state index is 5.71. The molecule has 2 heteroatoms. The summed E-state index contributed by atoms with van der Waals surface area (Å²) in [5, 5.41) is 0. The standard InChI is InChI=1S/C6H15IN/c1-3-4-5-6(8)7-2/h6H,3-5,8H2,1-2H3/q-1. The number of unbranched alkanes of at least 4 members (excludes halogenated alkanes) is 1. The molecule has 0 aromatic heterocycles. The van der Waals surface area contributed by atoms with Gasteiger partial charge in [0.2, 0.25) is 0 Å². The summed E-state index contributed by atoms with van der Waals surface area (Å²) in [6.45, 7) is 2.21. The first-order chi connectivity index (χ1) is 3.81. The summed E-state index contributed by atoms with van der Waals surface area (Å²) in [7, 11) is 0. The summed E-state index contributed by atoms with van der Waals surface area (Å²) in [5.41, 5.74) is 5.71. The molecule has 0 heterocycles. The van der Waals surface area contributed by atoms with E-state index >= 15 is 0 Å². The van der Waals surface area contributed by atoms with Gasteiger partial charge in [-0.25, -0.2) is 0 Å². The van der Waals surface area contributed by atoms with Crippen LogP contribution in [0.3, 0.4) is 0 Å². The Hall–Kier alpha value is 0.690. The molecule has 52 valence electrons. The molecule has 0 aliphatic heterocycles. The third-order valence-electron chi connectivity index (χ3n) is 1.11. The first-order valence-electron chi connectivity index (χ1n) is 3.04. The molecule has 0 amide bonds. The molecule has 0 rings (SSSR count). The maximum absolute atomic E-state index is 5.71. The van der Waals surface area contributed by atoms with Crippen LogP contribution in [0.2, 0.25) is 0 Å². The predicted molar refractivity (Wildman–Crippen MR) is 33.4 cm³/mol. The molecule has 0 spiro atoms. The minimum absolute atomic E-state index is 0.310. The van der Waals surface area contributed by atoms with Crippen LogP contribution < -0.4 is 26.9 Å². The summed E-state index contributed by atoms with van der Waals surface area (Å²) < 4.78 is 0.564. The summed E-state index contributed by atoms with van der Waals surface area (Å²) in [6.07, 6.45) is 3.85. The van der Waals surface area contributed by atoms with E-state index in [0.29, 0.717) is 25.3 Å². The Morgan fingerprint density at radius 2 is 2.25 bits per heavy atom. The van der Waals surface area contributed by atoms with Crippen LogP contribution in [0.5, 0.6) is 0 Å². The molecule has 0 saturated carbocycles. The van der Waals surface area contributed by atoms with Crippen LogP contribution in [-0.4, -0.2) is 8.98 Å². The van der Waals surface area contributed by atoms with Gasteiger partial charge in [-0.3, -0.25) is 0 Å². The van der Waals surface area contributed by atoms with E-state index in [2.05, 4.69) is 11.9 Å². The normalized spacial score (nSPS) is 14.4. The first-order valence-corrected chi connectivity index (χ1v) is 6.45. The predicted octanol–water partition coefficient (Wildman–Crippen LogP) is -1.82. The van der Waals surface area contributed by atoms with Gasteiger partial charge in [0.25, 0.3) is 0 Å². The van der Waals surface area contributed by atoms with E-state index in [-0.39, 0.29) is 0 Å². The van der Waals surface area contributed by atoms with Crippen molar-refractivity contribution in [1.82, 2.24) is 0 Å². The number of alkyl halides is 2. The van der Waals surface area contributed by atoms with E-state index in [9.17, 15) is 0 Å². The van der Waals surface area contributed by atoms with E-state index in [1.807, 2.05) is 0 Å². The zero-order chi connectivity index (χ0) is 6.41. The Morgan fingerprint density at radius 3 is 2.62 bits per heavy atom. The van der Waals surface area contributed by atoms with Gasteiger partial charge in [-0.05, 0) is 0 Å². The SMILES string of the molecule is CCCCC(N)[I-]C. The van der Waals surface area contributed by atoms with Crippen molar-refractivity contribution in [2.24, 2.45) is 5.73 Å². The fraction of sp³-hybridized carbons (Fsp3) is 1.00. The van der Waals surface area contributed by atoms with Crippen molar-refractivity contribution >= 4 is 0 Å². The van der Waals surface area contributed by atoms with Crippen LogP contribution in [0.4, 0.5) is 0 Å². The Morgan fingerprint density at radius 1 is 1.62 bits per heavy atom. The second kappa shape index (κ2) is 5.82. The van der Waals surface area contributed by atoms with Crippen LogP contribution >= 0.6 is 0 Å². The molecular weight excluding hydrogens is 213 g/mol. The summed E-state index contributed by atoms with van der Waals surface area (Å²) in [4.78, 5) is 2.25. The average Bonchev–Trinajstić information content (AvgIpc) is 1.83. The van der Waals surface area contributed by atoms with Gasteiger partial charge in [-0.15, -0.1) is 0 Å². The van der Waals surface area contributed by atoms with Gasteiger partial charge in [-0.1, -0.05) is 0 Å². The fourth-order valence-electron chi connectivity index (χ4n) is 0.508. The summed E-state index contributed by atoms with van der Waals surface area (Å²) in [6, 6.07) is 0. The van der Waals surface area contributed by atoms with Gasteiger partial charge in [0.05, 0.1) is 0 Å². The number of hydrogen-bond acceptors (Lipinski definition) is 1. The van der Waals surface area contributed by atoms with Crippen molar-refractivity contribution in [3.05, 3.63) is 0 Å². The molecule has 0 fully saturated rings. The summed E-state index contributed by atoms with van der Waals surface area (Å²) in [5.74, 6) is 0. The molecule has 0 bridgehead atoms. The molecule has 0 saturated heterocycles. The second-order valence-electron chi connectivity index (χ2n) is 1.88. The third kappa shape index (κ3) is 4.84. The Bertz CT molecular complexity index is 47.8. The topological polar surface area (TPSA) is 26.0 Å². The van der Waals surface area contributed by atoms with Gasteiger partial charge in [0.1, 0.15) is 0 Å². The fourth-order valence-corrected chi connectivity index (χ4v) is 1.57. The van der Waals surface area contributed by atoms with E-state index in [1.54, 1.807) is 0 Å². The number of halogens is 1. The Kier molecular flexibility index (Phi) is 6.32. The number of rotatable bonds is 4. The zero-order valence-corrected chi connectivity index (χ0v) is 7.81. The molecule has 0 aromatic rings. The molecule has 1 unspecified atom stereocenters. The molecular formula is C6H15IN-. The van der Waals surface area contributed by atoms with Gasteiger partial charge in [0, 0.05) is 0 Å². The molecule has 0 aliphatic rings. The molecule has 8 heavy (non-hydrogen) atoms. The van der Waals surface area contributed by atoms with Crippen LogP contribution in [0.25, 0.3) is 0 Å². The van der Waals surface area contributed by atoms with E-state index in [4.69, 9.17) is 5.73 Å². The van der Waals surface area contributed by atoms with Crippen molar-refractivity contribution in [2.75, 3.05) is 4.93 Å². The molecule has 0 aliphatic carbocycles. The molecule has 1 nitrogen and oxygen atoms in total. The average molecular weight is 228 g/mol. The van der Waals surface area contributed by atoms with Crippen molar-refractivity contribution in [3.63, 3.8) is 0 Å². The quantitative estimate of drug-likeness (QED) is 0.342. The first kappa shape index (κ1) is 8.69. The van der Waals surface area contributed by atoms with Gasteiger partial charge < -0.3 is 0 Å². The molecule has 0 aromatic carbocycles. The van der Waals surface area contributed by atoms with Crippen LogP contribution in [0, 0.1) is 0 Å². The summed E-state index contributed by atoms with van der Waals surface area (Å²) >= 11 is 0.310. The van der Waals surface area contributed by atoms with Crippen molar-refractivity contribution in [2.45, 2.75) is 30.2 Å². The van der Waals surface area contributed by atoms with Crippen LogP contribution in [-0.2, 0) is 0 Å². The molecule has 0 radical (unpaired) electrons. The Balaban J connectivity index is 2.86. The van der Waals surface area contributed by atoms with E-state index in [0.717, 1.165) is 0 Å². The van der Waals surface area contributed by atoms with Gasteiger partial charge >= 0.3 is 62.1 Å².